The number of pyridine rings is 1. The maximum absolute atomic E-state index is 12.1. The first-order chi connectivity index (χ1) is 12.1. The number of nitrogens with one attached hydrogen (secondary N) is 1. The second-order valence-corrected chi connectivity index (χ2v) is 6.69. The molecule has 3 rings (SSSR count). The van der Waals surface area contributed by atoms with E-state index >= 15 is 0 Å². The van der Waals surface area contributed by atoms with E-state index in [2.05, 4.69) is 28.1 Å². The molecule has 0 radical (unpaired) electrons. The van der Waals surface area contributed by atoms with Crippen LogP contribution in [-0.2, 0) is 0 Å². The Morgan fingerprint density at radius 1 is 1.16 bits per heavy atom. The van der Waals surface area contributed by atoms with E-state index in [1.165, 1.54) is 23.4 Å². The standard InChI is InChI=1S/C20H21ClN2O2/c21-18-6-3-15(4-7-18)16-9-12-23(13-10-16)11-1-2-19(24)17-5-8-20(25)22-14-17/h3-9,14H,1-2,10-13H2,(H,22,25). The second kappa shape index (κ2) is 8.28. The molecule has 4 nitrogen and oxygen atoms in total. The number of halogens is 1. The van der Waals surface area contributed by atoms with Crippen LogP contribution in [0.2, 0.25) is 5.02 Å². The van der Waals surface area contributed by atoms with Crippen molar-refractivity contribution in [2.45, 2.75) is 19.3 Å². The molecular formula is C20H21ClN2O2. The number of carbonyl (C=O) groups is 1. The molecule has 1 aliphatic rings. The van der Waals surface area contributed by atoms with Crippen LogP contribution in [-0.4, -0.2) is 35.3 Å². The number of H-pyrrole nitrogens is 1. The maximum Gasteiger partial charge on any atom is 0.247 e. The fourth-order valence-corrected chi connectivity index (χ4v) is 3.16. The third kappa shape index (κ3) is 4.91. The summed E-state index contributed by atoms with van der Waals surface area (Å²) in [6.07, 6.45) is 6.08. The number of Topliss-reactive ketones (excluding diaryl/α,β-unsaturated/α-hetero) is 1. The highest BCUT2D eigenvalue weighted by Crippen LogP contribution is 2.23. The molecule has 0 bridgehead atoms. The molecule has 1 aliphatic heterocycles. The van der Waals surface area contributed by atoms with E-state index in [0.717, 1.165) is 37.5 Å². The van der Waals surface area contributed by atoms with Crippen LogP contribution in [0.1, 0.15) is 35.2 Å². The molecule has 0 fully saturated rings. The number of hydrogen-bond acceptors (Lipinski definition) is 3. The summed E-state index contributed by atoms with van der Waals surface area (Å²) < 4.78 is 0. The molecule has 5 heteroatoms. The minimum Gasteiger partial charge on any atom is -0.328 e. The Labute approximate surface area is 152 Å². The zero-order valence-electron chi connectivity index (χ0n) is 14.0. The Kier molecular flexibility index (Phi) is 5.84. The Morgan fingerprint density at radius 3 is 2.60 bits per heavy atom. The summed E-state index contributed by atoms with van der Waals surface area (Å²) in [6.45, 7) is 2.81. The third-order valence-corrected chi connectivity index (χ3v) is 4.74. The first kappa shape index (κ1) is 17.6. The van der Waals surface area contributed by atoms with Crippen LogP contribution in [0.4, 0.5) is 0 Å². The lowest BCUT2D eigenvalue weighted by atomic mass is 9.99. The Hall–Kier alpha value is -2.17. The quantitative estimate of drug-likeness (QED) is 0.801. The fraction of sp³-hybridized carbons (Fsp3) is 0.300. The van der Waals surface area contributed by atoms with Gasteiger partial charge in [-0.15, -0.1) is 0 Å². The Morgan fingerprint density at radius 2 is 1.96 bits per heavy atom. The van der Waals surface area contributed by atoms with Crippen molar-refractivity contribution in [3.8, 4) is 0 Å². The summed E-state index contributed by atoms with van der Waals surface area (Å²) >= 11 is 5.94. The molecule has 25 heavy (non-hydrogen) atoms. The van der Waals surface area contributed by atoms with Crippen molar-refractivity contribution in [1.82, 2.24) is 9.88 Å². The van der Waals surface area contributed by atoms with Crippen molar-refractivity contribution in [3.05, 3.63) is 75.2 Å². The van der Waals surface area contributed by atoms with Gasteiger partial charge in [0, 0.05) is 42.4 Å². The van der Waals surface area contributed by atoms with Gasteiger partial charge in [0.25, 0.3) is 0 Å². The number of hydrogen-bond donors (Lipinski definition) is 1. The van der Waals surface area contributed by atoms with Gasteiger partial charge in [0.05, 0.1) is 0 Å². The van der Waals surface area contributed by atoms with E-state index in [1.807, 2.05) is 12.1 Å². The molecular weight excluding hydrogens is 336 g/mol. The van der Waals surface area contributed by atoms with Gasteiger partial charge in [-0.25, -0.2) is 0 Å². The van der Waals surface area contributed by atoms with E-state index in [0.29, 0.717) is 12.0 Å². The van der Waals surface area contributed by atoms with Gasteiger partial charge in [0.15, 0.2) is 5.78 Å². The first-order valence-corrected chi connectivity index (χ1v) is 8.89. The normalized spacial score (nSPS) is 15.0. The molecule has 0 unspecified atom stereocenters. The van der Waals surface area contributed by atoms with Gasteiger partial charge in [0.2, 0.25) is 5.56 Å². The van der Waals surface area contributed by atoms with Crippen LogP contribution in [0.5, 0.6) is 0 Å². The molecule has 1 N–H and O–H groups in total. The number of ketones is 1. The molecule has 1 aromatic carbocycles. The van der Waals surface area contributed by atoms with Crippen molar-refractivity contribution in [1.29, 1.82) is 0 Å². The second-order valence-electron chi connectivity index (χ2n) is 6.26. The van der Waals surface area contributed by atoms with Crippen LogP contribution < -0.4 is 5.56 Å². The van der Waals surface area contributed by atoms with Crippen LogP contribution in [0.3, 0.4) is 0 Å². The molecule has 2 heterocycles. The van der Waals surface area contributed by atoms with Crippen LogP contribution in [0, 0.1) is 0 Å². The minimum atomic E-state index is -0.187. The maximum atomic E-state index is 12.1. The van der Waals surface area contributed by atoms with Gasteiger partial charge < -0.3 is 4.98 Å². The van der Waals surface area contributed by atoms with Crippen molar-refractivity contribution in [3.63, 3.8) is 0 Å². The smallest absolute Gasteiger partial charge is 0.247 e. The largest absolute Gasteiger partial charge is 0.328 e. The summed E-state index contributed by atoms with van der Waals surface area (Å²) in [6, 6.07) is 10.9. The number of nitrogens with zero attached hydrogens (tertiary/aromatic N) is 1. The van der Waals surface area contributed by atoms with Crippen molar-refractivity contribution in [2.24, 2.45) is 0 Å². The van der Waals surface area contributed by atoms with Gasteiger partial charge in [-0.1, -0.05) is 29.8 Å². The van der Waals surface area contributed by atoms with E-state index < -0.39 is 0 Å². The Balaban J connectivity index is 1.46. The fourth-order valence-electron chi connectivity index (χ4n) is 3.03. The highest BCUT2D eigenvalue weighted by atomic mass is 35.5. The third-order valence-electron chi connectivity index (χ3n) is 4.49. The molecule has 0 amide bonds. The SMILES string of the molecule is O=C(CCCN1CC=C(c2ccc(Cl)cc2)CC1)c1ccc(=O)[nH]c1. The number of aromatic amines is 1. The van der Waals surface area contributed by atoms with Crippen LogP contribution in [0.15, 0.2) is 53.5 Å². The van der Waals surface area contributed by atoms with Gasteiger partial charge >= 0.3 is 0 Å². The topological polar surface area (TPSA) is 53.2 Å². The van der Waals surface area contributed by atoms with E-state index in [1.54, 1.807) is 6.07 Å². The minimum absolute atomic E-state index is 0.0747. The molecule has 0 saturated heterocycles. The van der Waals surface area contributed by atoms with Gasteiger partial charge in [0.1, 0.15) is 0 Å². The number of rotatable bonds is 6. The molecule has 130 valence electrons. The number of benzene rings is 1. The summed E-state index contributed by atoms with van der Waals surface area (Å²) in [5.74, 6) is 0.0747. The van der Waals surface area contributed by atoms with E-state index in [-0.39, 0.29) is 11.3 Å². The van der Waals surface area contributed by atoms with Crippen molar-refractivity contribution >= 4 is 23.0 Å². The summed E-state index contributed by atoms with van der Waals surface area (Å²) in [5, 5.41) is 0.758. The van der Waals surface area contributed by atoms with Crippen molar-refractivity contribution < 1.29 is 4.79 Å². The first-order valence-electron chi connectivity index (χ1n) is 8.51. The van der Waals surface area contributed by atoms with Gasteiger partial charge in [-0.3, -0.25) is 14.5 Å². The predicted octanol–water partition coefficient (Wildman–Crippen LogP) is 3.78. The summed E-state index contributed by atoms with van der Waals surface area (Å²) in [4.78, 5) is 28.0. The van der Waals surface area contributed by atoms with Crippen LogP contribution in [0.25, 0.3) is 5.57 Å². The molecule has 1 aromatic heterocycles. The monoisotopic (exact) mass is 356 g/mol. The molecule has 0 spiro atoms. The summed E-state index contributed by atoms with van der Waals surface area (Å²) in [7, 11) is 0. The lowest BCUT2D eigenvalue weighted by Crippen LogP contribution is -2.29. The average Bonchev–Trinajstić information content (AvgIpc) is 2.63. The van der Waals surface area contributed by atoms with Crippen molar-refractivity contribution in [2.75, 3.05) is 19.6 Å². The number of aromatic nitrogens is 1. The predicted molar refractivity (Wildman–Crippen MR) is 101 cm³/mol. The highest BCUT2D eigenvalue weighted by molar-refractivity contribution is 6.30. The zero-order chi connectivity index (χ0) is 17.6. The zero-order valence-corrected chi connectivity index (χ0v) is 14.8. The van der Waals surface area contributed by atoms with E-state index in [4.69, 9.17) is 11.6 Å². The summed E-state index contributed by atoms with van der Waals surface area (Å²) in [5.41, 5.74) is 2.98. The van der Waals surface area contributed by atoms with Gasteiger partial charge in [-0.05, 0) is 48.7 Å². The molecule has 0 aliphatic carbocycles. The molecule has 0 atom stereocenters. The lowest BCUT2D eigenvalue weighted by molar-refractivity contribution is 0.0975. The lowest BCUT2D eigenvalue weighted by Gasteiger charge is -2.26. The number of carbonyl (C=O) groups excluding carboxylic acids is 1. The van der Waals surface area contributed by atoms with E-state index in [9.17, 15) is 9.59 Å². The molecule has 2 aromatic rings. The van der Waals surface area contributed by atoms with Gasteiger partial charge in [-0.2, -0.15) is 0 Å². The highest BCUT2D eigenvalue weighted by Gasteiger charge is 2.13. The Bertz CT molecular complexity index is 804. The average molecular weight is 357 g/mol. The molecule has 0 saturated carbocycles. The van der Waals surface area contributed by atoms with Crippen LogP contribution >= 0.6 is 11.6 Å².